The van der Waals surface area contributed by atoms with Crippen LogP contribution in [0, 0.1) is 0 Å². The van der Waals surface area contributed by atoms with Gasteiger partial charge in [-0.05, 0) is 68.8 Å². The van der Waals surface area contributed by atoms with Crippen molar-refractivity contribution in [1.82, 2.24) is 0 Å². The Kier molecular flexibility index (Phi) is 9.19. The summed E-state index contributed by atoms with van der Waals surface area (Å²) in [6.07, 6.45) is 4.90. The molecule has 0 saturated heterocycles. The molecule has 0 spiro atoms. The fourth-order valence-electron chi connectivity index (χ4n) is 2.66. The first kappa shape index (κ1) is 21.6. The highest BCUT2D eigenvalue weighted by Crippen LogP contribution is 2.18. The largest absolute Gasteiger partial charge is 0.494 e. The van der Waals surface area contributed by atoms with Gasteiger partial charge in [-0.25, -0.2) is 0 Å². The fraction of sp³-hybridized carbons (Fsp3) is 0.435. The van der Waals surface area contributed by atoms with Crippen LogP contribution in [0.25, 0.3) is 0 Å². The van der Waals surface area contributed by atoms with Crippen LogP contribution in [0.1, 0.15) is 46.5 Å². The van der Waals surface area contributed by atoms with E-state index in [1.54, 1.807) is 0 Å². The van der Waals surface area contributed by atoms with Crippen LogP contribution in [0.2, 0.25) is 0 Å². The molecule has 2 aromatic carbocycles. The van der Waals surface area contributed by atoms with E-state index in [1.807, 2.05) is 62.4 Å². The number of rotatable bonds is 12. The first-order valence-corrected chi connectivity index (χ1v) is 10.1. The summed E-state index contributed by atoms with van der Waals surface area (Å²) in [6, 6.07) is 15.1. The zero-order valence-corrected chi connectivity index (χ0v) is 17.2. The van der Waals surface area contributed by atoms with Crippen LogP contribution in [0.3, 0.4) is 0 Å². The Hall–Kier alpha value is -2.69. The van der Waals surface area contributed by atoms with E-state index in [1.165, 1.54) is 19.3 Å². The molecule has 5 nitrogen and oxygen atoms in total. The molecule has 152 valence electrons. The number of anilines is 2. The molecule has 0 aliphatic heterocycles. The summed E-state index contributed by atoms with van der Waals surface area (Å²) in [6.45, 7) is 7.10. The number of benzene rings is 2. The summed E-state index contributed by atoms with van der Waals surface area (Å²) in [5, 5.41) is 5.99. The molecule has 0 aliphatic rings. The summed E-state index contributed by atoms with van der Waals surface area (Å²) < 4.78 is 11.3. The third-order valence-electron chi connectivity index (χ3n) is 4.08. The van der Waals surface area contributed by atoms with Crippen molar-refractivity contribution in [3.63, 3.8) is 0 Å². The van der Waals surface area contributed by atoms with Crippen LogP contribution in [0.4, 0.5) is 11.4 Å². The van der Waals surface area contributed by atoms with E-state index in [4.69, 9.17) is 9.47 Å². The van der Waals surface area contributed by atoms with Gasteiger partial charge in [0.25, 0.3) is 0 Å². The lowest BCUT2D eigenvalue weighted by atomic mass is 10.2. The Morgan fingerprint density at radius 2 is 1.54 bits per heavy atom. The van der Waals surface area contributed by atoms with Crippen LogP contribution in [0.5, 0.6) is 11.5 Å². The molecule has 2 N–H and O–H groups in total. The van der Waals surface area contributed by atoms with Gasteiger partial charge in [-0.1, -0.05) is 26.2 Å². The SMILES string of the molecule is CCCCCCOc1ccc(NCC(=O)Nc2ccc(OC(C)C)cc2)cc1. The zero-order chi connectivity index (χ0) is 20.2. The molecule has 2 rings (SSSR count). The number of nitrogens with one attached hydrogen (secondary N) is 2. The third kappa shape index (κ3) is 8.33. The van der Waals surface area contributed by atoms with Crippen molar-refractivity contribution >= 4 is 17.3 Å². The lowest BCUT2D eigenvalue weighted by Gasteiger charge is -2.11. The third-order valence-corrected chi connectivity index (χ3v) is 4.08. The van der Waals surface area contributed by atoms with Gasteiger partial charge in [0.15, 0.2) is 0 Å². The molecule has 2 aromatic rings. The number of carbonyl (C=O) groups is 1. The van der Waals surface area contributed by atoms with Crippen LogP contribution < -0.4 is 20.1 Å². The maximum atomic E-state index is 12.1. The van der Waals surface area contributed by atoms with E-state index in [-0.39, 0.29) is 18.6 Å². The number of ether oxygens (including phenoxy) is 2. The molecule has 1 amide bonds. The fourth-order valence-corrected chi connectivity index (χ4v) is 2.66. The van der Waals surface area contributed by atoms with Crippen molar-refractivity contribution in [2.45, 2.75) is 52.6 Å². The first-order chi connectivity index (χ1) is 13.6. The average molecular weight is 385 g/mol. The molecular weight excluding hydrogens is 352 g/mol. The number of amides is 1. The monoisotopic (exact) mass is 384 g/mol. The van der Waals surface area contributed by atoms with E-state index < -0.39 is 0 Å². The van der Waals surface area contributed by atoms with Crippen LogP contribution in [0.15, 0.2) is 48.5 Å². The summed E-state index contributed by atoms with van der Waals surface area (Å²) >= 11 is 0. The minimum absolute atomic E-state index is 0.103. The topological polar surface area (TPSA) is 59.6 Å². The van der Waals surface area contributed by atoms with Gasteiger partial charge in [0.2, 0.25) is 5.91 Å². The van der Waals surface area contributed by atoms with E-state index in [9.17, 15) is 4.79 Å². The maximum Gasteiger partial charge on any atom is 0.243 e. The second kappa shape index (κ2) is 11.9. The molecule has 0 bridgehead atoms. The standard InChI is InChI=1S/C23H32N2O3/c1-4-5-6-7-16-27-21-12-8-19(9-13-21)24-17-23(26)25-20-10-14-22(15-11-20)28-18(2)3/h8-15,18,24H,4-7,16-17H2,1-3H3,(H,25,26). The maximum absolute atomic E-state index is 12.1. The van der Waals surface area contributed by atoms with Crippen molar-refractivity contribution in [2.24, 2.45) is 0 Å². The highest BCUT2D eigenvalue weighted by molar-refractivity contribution is 5.93. The molecule has 0 radical (unpaired) electrons. The predicted octanol–water partition coefficient (Wildman–Crippen LogP) is 5.48. The van der Waals surface area contributed by atoms with E-state index in [0.29, 0.717) is 0 Å². The van der Waals surface area contributed by atoms with Crippen LogP contribution >= 0.6 is 0 Å². The molecular formula is C23H32N2O3. The summed E-state index contributed by atoms with van der Waals surface area (Å²) in [7, 11) is 0. The van der Waals surface area contributed by atoms with E-state index in [0.717, 1.165) is 35.9 Å². The molecule has 0 unspecified atom stereocenters. The highest BCUT2D eigenvalue weighted by atomic mass is 16.5. The summed E-state index contributed by atoms with van der Waals surface area (Å²) in [5.74, 6) is 1.54. The van der Waals surface area contributed by atoms with Crippen molar-refractivity contribution < 1.29 is 14.3 Å². The predicted molar refractivity (Wildman–Crippen MR) is 115 cm³/mol. The van der Waals surface area contributed by atoms with Gasteiger partial charge < -0.3 is 20.1 Å². The zero-order valence-electron chi connectivity index (χ0n) is 17.2. The van der Waals surface area contributed by atoms with Gasteiger partial charge in [0, 0.05) is 11.4 Å². The van der Waals surface area contributed by atoms with Gasteiger partial charge in [0.05, 0.1) is 19.3 Å². The van der Waals surface area contributed by atoms with Crippen molar-refractivity contribution in [2.75, 3.05) is 23.8 Å². The molecule has 5 heteroatoms. The first-order valence-electron chi connectivity index (χ1n) is 10.1. The Balaban J connectivity index is 1.70. The number of unbranched alkanes of at least 4 members (excludes halogenated alkanes) is 3. The van der Waals surface area contributed by atoms with Crippen LogP contribution in [-0.2, 0) is 4.79 Å². The Morgan fingerprint density at radius 3 is 2.18 bits per heavy atom. The molecule has 0 aliphatic carbocycles. The Morgan fingerprint density at radius 1 is 0.893 bits per heavy atom. The lowest BCUT2D eigenvalue weighted by molar-refractivity contribution is -0.114. The minimum atomic E-state index is -0.103. The molecule has 0 heterocycles. The van der Waals surface area contributed by atoms with Crippen molar-refractivity contribution in [1.29, 1.82) is 0 Å². The van der Waals surface area contributed by atoms with Crippen LogP contribution in [-0.4, -0.2) is 25.2 Å². The lowest BCUT2D eigenvalue weighted by Crippen LogP contribution is -2.21. The summed E-state index contributed by atoms with van der Waals surface area (Å²) in [4.78, 5) is 12.1. The summed E-state index contributed by atoms with van der Waals surface area (Å²) in [5.41, 5.74) is 1.63. The van der Waals surface area contributed by atoms with Crippen molar-refractivity contribution in [3.05, 3.63) is 48.5 Å². The molecule has 0 atom stereocenters. The normalized spacial score (nSPS) is 10.6. The average Bonchev–Trinajstić information content (AvgIpc) is 2.68. The van der Waals surface area contributed by atoms with Gasteiger partial charge in [0.1, 0.15) is 11.5 Å². The van der Waals surface area contributed by atoms with E-state index in [2.05, 4.69) is 17.6 Å². The van der Waals surface area contributed by atoms with Gasteiger partial charge in [-0.2, -0.15) is 0 Å². The number of hydrogen-bond acceptors (Lipinski definition) is 4. The number of carbonyl (C=O) groups excluding carboxylic acids is 1. The highest BCUT2D eigenvalue weighted by Gasteiger charge is 2.04. The second-order valence-electron chi connectivity index (χ2n) is 7.03. The molecule has 0 aromatic heterocycles. The molecule has 0 fully saturated rings. The second-order valence-corrected chi connectivity index (χ2v) is 7.03. The Labute approximate surface area is 168 Å². The Bertz CT molecular complexity index is 697. The quantitative estimate of drug-likeness (QED) is 0.476. The minimum Gasteiger partial charge on any atom is -0.494 e. The molecule has 28 heavy (non-hydrogen) atoms. The van der Waals surface area contributed by atoms with Gasteiger partial charge in [-0.3, -0.25) is 4.79 Å². The molecule has 0 saturated carbocycles. The van der Waals surface area contributed by atoms with Gasteiger partial charge in [-0.15, -0.1) is 0 Å². The van der Waals surface area contributed by atoms with E-state index >= 15 is 0 Å². The number of hydrogen-bond donors (Lipinski definition) is 2. The van der Waals surface area contributed by atoms with Gasteiger partial charge >= 0.3 is 0 Å². The van der Waals surface area contributed by atoms with Crippen molar-refractivity contribution in [3.8, 4) is 11.5 Å². The smallest absolute Gasteiger partial charge is 0.243 e.